The molecule has 25 heavy (non-hydrogen) atoms. The first kappa shape index (κ1) is 27.4. The van der Waals surface area contributed by atoms with Gasteiger partial charge in [0.15, 0.2) is 0 Å². The van der Waals surface area contributed by atoms with Crippen LogP contribution in [-0.4, -0.2) is 22.2 Å². The fourth-order valence-corrected chi connectivity index (χ4v) is 1.11. The number of hydrogen-bond acceptors (Lipinski definition) is 2. The van der Waals surface area contributed by atoms with E-state index in [1.165, 1.54) is 11.1 Å². The number of aliphatic carboxylic acids is 2. The van der Waals surface area contributed by atoms with Crippen molar-refractivity contribution in [2.24, 2.45) is 0 Å². The second kappa shape index (κ2) is 16.4. The molecule has 7 heteroatoms. The monoisotopic (exact) mass is 395 g/mol. The number of carboxylic acids is 2. The largest absolute Gasteiger partial charge is 2.00 e. The summed E-state index contributed by atoms with van der Waals surface area (Å²) in [5, 5.41) is 14.8. The molecule has 0 saturated carbocycles. The zero-order valence-electron chi connectivity index (χ0n) is 14.6. The Labute approximate surface area is 159 Å². The van der Waals surface area contributed by atoms with Crippen LogP contribution in [0.15, 0.2) is 48.5 Å². The van der Waals surface area contributed by atoms with Crippen LogP contribution in [0, 0.1) is 13.8 Å². The van der Waals surface area contributed by atoms with E-state index >= 15 is 0 Å². The van der Waals surface area contributed by atoms with E-state index in [4.69, 9.17) is 31.3 Å². The Balaban J connectivity index is -0.000000270. The summed E-state index contributed by atoms with van der Waals surface area (Å²) in [6.07, 6.45) is 0. The molecule has 0 aliphatic carbocycles. The number of benzene rings is 2. The normalized spacial score (nSPS) is 7.84. The van der Waals surface area contributed by atoms with Crippen molar-refractivity contribution < 1.29 is 36.9 Å². The van der Waals surface area contributed by atoms with Gasteiger partial charge in [0.1, 0.15) is 0 Å². The first-order valence-corrected chi connectivity index (χ1v) is 7.00. The first-order valence-electron chi connectivity index (χ1n) is 7.00. The summed E-state index contributed by atoms with van der Waals surface area (Å²) in [6.45, 7) is 6.19. The maximum atomic E-state index is 9.00. The average Bonchev–Trinajstić information content (AvgIpc) is 2.45. The average molecular weight is 396 g/mol. The summed E-state index contributed by atoms with van der Waals surface area (Å²) >= 11 is 0. The molecule has 2 rings (SSSR count). The van der Waals surface area contributed by atoms with Crippen molar-refractivity contribution in [3.8, 4) is 0 Å². The van der Waals surface area contributed by atoms with E-state index in [0.29, 0.717) is 11.4 Å². The molecular formula is C18H24CuN2O4. The molecule has 0 amide bonds. The number of carbonyl (C=O) groups is 2. The van der Waals surface area contributed by atoms with Gasteiger partial charge in [-0.2, -0.15) is 0 Å². The SMILES string of the molecule is CC(=O)O.CC(=O)O.Cc1ccc([NH-])cc1.Cc1ccc([NH-])cc1.[Cu+2]. The zero-order valence-corrected chi connectivity index (χ0v) is 15.6. The Kier molecular flexibility index (Phi) is 17.9. The van der Waals surface area contributed by atoms with Gasteiger partial charge in [-0.3, -0.25) is 9.59 Å². The quantitative estimate of drug-likeness (QED) is 0.568. The molecule has 0 fully saturated rings. The van der Waals surface area contributed by atoms with Gasteiger partial charge in [0, 0.05) is 13.8 Å². The summed E-state index contributed by atoms with van der Waals surface area (Å²) < 4.78 is 0. The minimum Gasteiger partial charge on any atom is -0.699 e. The van der Waals surface area contributed by atoms with Gasteiger partial charge in [0.05, 0.1) is 0 Å². The fourth-order valence-electron chi connectivity index (χ4n) is 1.11. The summed E-state index contributed by atoms with van der Waals surface area (Å²) in [4.78, 5) is 18.0. The molecule has 0 aromatic heterocycles. The molecule has 2 aromatic carbocycles. The number of aryl methyl sites for hydroxylation is 2. The van der Waals surface area contributed by atoms with Crippen LogP contribution in [0.5, 0.6) is 0 Å². The van der Waals surface area contributed by atoms with Crippen LogP contribution in [0.25, 0.3) is 11.5 Å². The number of hydrogen-bond donors (Lipinski definition) is 2. The summed E-state index contributed by atoms with van der Waals surface area (Å²) in [5.41, 5.74) is 17.8. The maximum Gasteiger partial charge on any atom is 2.00 e. The molecular weight excluding hydrogens is 372 g/mol. The Bertz CT molecular complexity index is 494. The zero-order chi connectivity index (χ0) is 19.1. The Hall–Kier alpha value is -2.50. The van der Waals surface area contributed by atoms with E-state index in [-0.39, 0.29) is 17.1 Å². The van der Waals surface area contributed by atoms with E-state index in [1.807, 2.05) is 38.1 Å². The standard InChI is InChI=1S/2C7H8N.2C2H4O2.Cu/c2*1-6-2-4-7(8)5-3-6;2*1-2(3)4;/h2*2-5,8H,1H3;2*1H3,(H,3,4);/q2*-1;;;+2. The third kappa shape index (κ3) is 26.7. The van der Waals surface area contributed by atoms with Crippen LogP contribution >= 0.6 is 0 Å². The van der Waals surface area contributed by atoms with Gasteiger partial charge in [0.25, 0.3) is 11.9 Å². The molecule has 6 nitrogen and oxygen atoms in total. The van der Waals surface area contributed by atoms with Crippen LogP contribution < -0.4 is 0 Å². The Morgan fingerprint density at radius 1 is 0.680 bits per heavy atom. The van der Waals surface area contributed by atoms with E-state index in [2.05, 4.69) is 0 Å². The predicted octanol–water partition coefficient (Wildman–Crippen LogP) is 5.54. The van der Waals surface area contributed by atoms with Gasteiger partial charge in [-0.1, -0.05) is 59.7 Å². The third-order valence-electron chi connectivity index (χ3n) is 2.10. The molecule has 141 valence electrons. The van der Waals surface area contributed by atoms with Gasteiger partial charge >= 0.3 is 17.1 Å². The van der Waals surface area contributed by atoms with Crippen LogP contribution in [0.4, 0.5) is 11.4 Å². The first-order chi connectivity index (χ1) is 11.0. The molecule has 0 atom stereocenters. The molecule has 2 aromatic rings. The van der Waals surface area contributed by atoms with Crippen molar-refractivity contribution in [1.82, 2.24) is 0 Å². The van der Waals surface area contributed by atoms with E-state index in [0.717, 1.165) is 13.8 Å². The second-order valence-electron chi connectivity index (χ2n) is 4.77. The summed E-state index contributed by atoms with van der Waals surface area (Å²) in [7, 11) is 0. The number of carboxylic acid groups (broad SMARTS) is 2. The van der Waals surface area contributed by atoms with E-state index in [1.54, 1.807) is 24.3 Å². The Morgan fingerprint density at radius 3 is 0.960 bits per heavy atom. The van der Waals surface area contributed by atoms with Crippen LogP contribution in [0.3, 0.4) is 0 Å². The minimum absolute atomic E-state index is 0. The van der Waals surface area contributed by atoms with Gasteiger partial charge in [-0.25, -0.2) is 0 Å². The van der Waals surface area contributed by atoms with Crippen LogP contribution in [0.1, 0.15) is 25.0 Å². The molecule has 0 heterocycles. The van der Waals surface area contributed by atoms with Crippen molar-refractivity contribution in [1.29, 1.82) is 0 Å². The Morgan fingerprint density at radius 2 is 0.840 bits per heavy atom. The van der Waals surface area contributed by atoms with Gasteiger partial charge in [0.2, 0.25) is 0 Å². The molecule has 0 saturated heterocycles. The van der Waals surface area contributed by atoms with Gasteiger partial charge in [-0.15, -0.1) is 11.4 Å². The van der Waals surface area contributed by atoms with Crippen molar-refractivity contribution in [2.75, 3.05) is 0 Å². The second-order valence-corrected chi connectivity index (χ2v) is 4.77. The topological polar surface area (TPSA) is 122 Å². The van der Waals surface area contributed by atoms with Crippen molar-refractivity contribution in [3.05, 3.63) is 71.1 Å². The smallest absolute Gasteiger partial charge is 0.699 e. The van der Waals surface area contributed by atoms with Gasteiger partial charge < -0.3 is 21.7 Å². The maximum absolute atomic E-state index is 9.00. The van der Waals surface area contributed by atoms with E-state index in [9.17, 15) is 0 Å². The third-order valence-corrected chi connectivity index (χ3v) is 2.10. The van der Waals surface area contributed by atoms with Gasteiger partial charge in [-0.05, 0) is 13.8 Å². The van der Waals surface area contributed by atoms with E-state index < -0.39 is 11.9 Å². The number of rotatable bonds is 0. The molecule has 1 radical (unpaired) electrons. The molecule has 0 unspecified atom stereocenters. The van der Waals surface area contributed by atoms with Crippen LogP contribution in [0.2, 0.25) is 0 Å². The van der Waals surface area contributed by atoms with Crippen molar-refractivity contribution in [2.45, 2.75) is 27.7 Å². The van der Waals surface area contributed by atoms with Crippen LogP contribution in [-0.2, 0) is 26.7 Å². The summed E-state index contributed by atoms with van der Waals surface area (Å²) in [6, 6.07) is 14.9. The predicted molar refractivity (Wildman–Crippen MR) is 96.9 cm³/mol. The van der Waals surface area contributed by atoms with Crippen molar-refractivity contribution in [3.63, 3.8) is 0 Å². The summed E-state index contributed by atoms with van der Waals surface area (Å²) in [5.74, 6) is -1.67. The minimum atomic E-state index is -0.833. The molecule has 0 aliphatic heterocycles. The fraction of sp³-hybridized carbons (Fsp3) is 0.222. The molecule has 0 aliphatic rings. The van der Waals surface area contributed by atoms with Crippen molar-refractivity contribution >= 4 is 23.3 Å². The number of nitrogens with one attached hydrogen (secondary N) is 2. The molecule has 0 bridgehead atoms. The molecule has 0 spiro atoms. The molecule has 4 N–H and O–H groups in total.